The molecular weight excluding hydrogens is 182 g/mol. The van der Waals surface area contributed by atoms with Gasteiger partial charge >= 0.3 is 0 Å². The first-order valence-electron chi connectivity index (χ1n) is 4.78. The van der Waals surface area contributed by atoms with Crippen molar-refractivity contribution in [3.63, 3.8) is 0 Å². The smallest absolute Gasteiger partial charge is 0.104 e. The third-order valence-corrected chi connectivity index (χ3v) is 3.02. The summed E-state index contributed by atoms with van der Waals surface area (Å²) in [6.07, 6.45) is 1.14. The third-order valence-electron chi connectivity index (χ3n) is 3.02. The summed E-state index contributed by atoms with van der Waals surface area (Å²) >= 11 is 0. The Labute approximate surface area is 84.4 Å². The highest BCUT2D eigenvalue weighted by molar-refractivity contribution is 5.10. The van der Waals surface area contributed by atoms with Gasteiger partial charge in [-0.1, -0.05) is 0 Å². The molecule has 1 aliphatic heterocycles. The summed E-state index contributed by atoms with van der Waals surface area (Å²) in [6, 6.07) is 2.23. The second-order valence-electron chi connectivity index (χ2n) is 4.01. The quantitative estimate of drug-likeness (QED) is 0.727. The fourth-order valence-corrected chi connectivity index (χ4v) is 1.91. The first-order valence-corrected chi connectivity index (χ1v) is 4.78. The van der Waals surface area contributed by atoms with Crippen LogP contribution in [0.1, 0.15) is 19.8 Å². The van der Waals surface area contributed by atoms with E-state index in [-0.39, 0.29) is 6.61 Å². The second-order valence-corrected chi connectivity index (χ2v) is 4.01. The van der Waals surface area contributed by atoms with Crippen molar-refractivity contribution in [2.45, 2.75) is 25.4 Å². The van der Waals surface area contributed by atoms with Crippen LogP contribution >= 0.6 is 0 Å². The Morgan fingerprint density at radius 2 is 2.14 bits per heavy atom. The molecule has 1 rings (SSSR count). The number of methoxy groups -OCH3 is 1. The minimum Gasteiger partial charge on any atom is -0.386 e. The van der Waals surface area contributed by atoms with Crippen LogP contribution in [0.2, 0.25) is 0 Å². The van der Waals surface area contributed by atoms with Gasteiger partial charge in [-0.05, 0) is 19.8 Å². The van der Waals surface area contributed by atoms with Gasteiger partial charge in [0.2, 0.25) is 0 Å². The highest BCUT2D eigenvalue weighted by atomic mass is 16.5. The molecule has 4 heteroatoms. The average Bonchev–Trinajstić information content (AvgIpc) is 2.18. The van der Waals surface area contributed by atoms with Crippen LogP contribution in [-0.2, 0) is 9.47 Å². The fraction of sp³-hybridized carbons (Fsp3) is 0.900. The van der Waals surface area contributed by atoms with Crippen LogP contribution in [0.25, 0.3) is 0 Å². The number of aliphatic hydroxyl groups is 1. The average molecular weight is 199 g/mol. The molecular formula is C10H17NO3. The van der Waals surface area contributed by atoms with Crippen molar-refractivity contribution in [3.05, 3.63) is 0 Å². The Morgan fingerprint density at radius 1 is 1.57 bits per heavy atom. The molecule has 0 aromatic carbocycles. The van der Waals surface area contributed by atoms with Crippen molar-refractivity contribution in [2.75, 3.05) is 26.9 Å². The van der Waals surface area contributed by atoms with Gasteiger partial charge in [0.25, 0.3) is 0 Å². The number of hydrogen-bond donors (Lipinski definition) is 1. The van der Waals surface area contributed by atoms with Crippen molar-refractivity contribution in [1.82, 2.24) is 0 Å². The molecule has 1 N–H and O–H groups in total. The van der Waals surface area contributed by atoms with Gasteiger partial charge in [-0.15, -0.1) is 0 Å². The maximum Gasteiger partial charge on any atom is 0.104 e. The molecule has 1 fully saturated rings. The Morgan fingerprint density at radius 3 is 2.57 bits per heavy atom. The minimum absolute atomic E-state index is 0.181. The van der Waals surface area contributed by atoms with Gasteiger partial charge in [0.1, 0.15) is 5.60 Å². The molecule has 4 nitrogen and oxygen atoms in total. The van der Waals surface area contributed by atoms with Gasteiger partial charge in [0, 0.05) is 20.3 Å². The summed E-state index contributed by atoms with van der Waals surface area (Å²) in [7, 11) is 1.53. The molecule has 0 aromatic heterocycles. The molecule has 14 heavy (non-hydrogen) atoms. The molecule has 0 amide bonds. The predicted molar refractivity (Wildman–Crippen MR) is 50.6 cm³/mol. The van der Waals surface area contributed by atoms with Crippen molar-refractivity contribution in [2.24, 2.45) is 5.41 Å². The lowest BCUT2D eigenvalue weighted by Gasteiger charge is -2.42. The van der Waals surface area contributed by atoms with Crippen molar-refractivity contribution < 1.29 is 14.6 Å². The molecule has 1 unspecified atom stereocenters. The van der Waals surface area contributed by atoms with Crippen LogP contribution in [-0.4, -0.2) is 37.6 Å². The van der Waals surface area contributed by atoms with Gasteiger partial charge in [-0.2, -0.15) is 5.26 Å². The predicted octanol–water partition coefficient (Wildman–Crippen LogP) is 0.704. The SMILES string of the molecule is COCC(C)(O)C1(C#N)CCOCC1. The van der Waals surface area contributed by atoms with Gasteiger partial charge < -0.3 is 14.6 Å². The summed E-state index contributed by atoms with van der Waals surface area (Å²) in [4.78, 5) is 0. The van der Waals surface area contributed by atoms with E-state index in [1.54, 1.807) is 6.92 Å². The minimum atomic E-state index is -1.10. The van der Waals surface area contributed by atoms with E-state index in [1.807, 2.05) is 0 Å². The van der Waals surface area contributed by atoms with E-state index in [0.717, 1.165) is 0 Å². The van der Waals surface area contributed by atoms with Gasteiger partial charge in [0.05, 0.1) is 18.1 Å². The topological polar surface area (TPSA) is 62.5 Å². The molecule has 0 saturated carbocycles. The first-order chi connectivity index (χ1) is 6.58. The maximum atomic E-state index is 10.2. The van der Waals surface area contributed by atoms with Crippen LogP contribution in [0.3, 0.4) is 0 Å². The highest BCUT2D eigenvalue weighted by Crippen LogP contribution is 2.40. The summed E-state index contributed by atoms with van der Waals surface area (Å²) in [5.74, 6) is 0. The van der Waals surface area contributed by atoms with E-state index in [2.05, 4.69) is 6.07 Å². The normalized spacial score (nSPS) is 25.0. The Balaban J connectivity index is 2.82. The van der Waals surface area contributed by atoms with Crippen LogP contribution < -0.4 is 0 Å². The van der Waals surface area contributed by atoms with Gasteiger partial charge in [-0.25, -0.2) is 0 Å². The molecule has 1 saturated heterocycles. The van der Waals surface area contributed by atoms with Gasteiger partial charge in [0.15, 0.2) is 0 Å². The second kappa shape index (κ2) is 4.26. The van der Waals surface area contributed by atoms with E-state index >= 15 is 0 Å². The molecule has 80 valence electrons. The lowest BCUT2D eigenvalue weighted by atomic mass is 9.69. The maximum absolute atomic E-state index is 10.2. The van der Waals surface area contributed by atoms with E-state index in [4.69, 9.17) is 9.47 Å². The lowest BCUT2D eigenvalue weighted by molar-refractivity contribution is -0.124. The Kier molecular flexibility index (Phi) is 3.48. The standard InChI is InChI=1S/C10H17NO3/c1-9(12,8-13-2)10(7-11)3-5-14-6-4-10/h12H,3-6,8H2,1-2H3. The number of ether oxygens (including phenoxy) is 2. The zero-order valence-corrected chi connectivity index (χ0v) is 8.75. The summed E-state index contributed by atoms with van der Waals surface area (Å²) in [5, 5.41) is 19.4. The van der Waals surface area contributed by atoms with Crippen molar-refractivity contribution in [1.29, 1.82) is 5.26 Å². The molecule has 1 atom stereocenters. The largest absolute Gasteiger partial charge is 0.386 e. The van der Waals surface area contributed by atoms with Crippen molar-refractivity contribution >= 4 is 0 Å². The molecule has 0 spiro atoms. The van der Waals surface area contributed by atoms with E-state index in [0.29, 0.717) is 26.1 Å². The summed E-state index contributed by atoms with van der Waals surface area (Å²) < 4.78 is 10.1. The molecule has 0 radical (unpaired) electrons. The van der Waals surface area contributed by atoms with Crippen LogP contribution in [0.4, 0.5) is 0 Å². The third kappa shape index (κ3) is 1.90. The Bertz CT molecular complexity index is 226. The number of rotatable bonds is 3. The van der Waals surface area contributed by atoms with Crippen LogP contribution in [0.5, 0.6) is 0 Å². The monoisotopic (exact) mass is 199 g/mol. The number of nitriles is 1. The molecule has 0 aromatic rings. The Hall–Kier alpha value is -0.630. The van der Waals surface area contributed by atoms with E-state index in [9.17, 15) is 10.4 Å². The first kappa shape index (κ1) is 11.4. The number of hydrogen-bond acceptors (Lipinski definition) is 4. The summed E-state index contributed by atoms with van der Waals surface area (Å²) in [5.41, 5.74) is -1.82. The fourth-order valence-electron chi connectivity index (χ4n) is 1.91. The van der Waals surface area contributed by atoms with E-state index in [1.165, 1.54) is 7.11 Å². The lowest BCUT2D eigenvalue weighted by Crippen LogP contribution is -2.51. The number of nitrogens with zero attached hydrogens (tertiary/aromatic N) is 1. The highest BCUT2D eigenvalue weighted by Gasteiger charge is 2.48. The van der Waals surface area contributed by atoms with Crippen molar-refractivity contribution in [3.8, 4) is 6.07 Å². The molecule has 1 heterocycles. The van der Waals surface area contributed by atoms with E-state index < -0.39 is 11.0 Å². The molecule has 0 aliphatic carbocycles. The molecule has 1 aliphatic rings. The van der Waals surface area contributed by atoms with Crippen LogP contribution in [0, 0.1) is 16.7 Å². The zero-order chi connectivity index (χ0) is 10.7. The van der Waals surface area contributed by atoms with Crippen LogP contribution in [0.15, 0.2) is 0 Å². The summed E-state index contributed by atoms with van der Waals surface area (Å²) in [6.45, 7) is 2.91. The zero-order valence-electron chi connectivity index (χ0n) is 8.75. The molecule has 0 bridgehead atoms. The van der Waals surface area contributed by atoms with Gasteiger partial charge in [-0.3, -0.25) is 0 Å².